The highest BCUT2D eigenvalue weighted by atomic mass is 16.6. The first-order valence-electron chi connectivity index (χ1n) is 17.9. The summed E-state index contributed by atoms with van der Waals surface area (Å²) in [5.74, 6) is 7.69. The number of nitrogens with one attached hydrogen (secondary N) is 1. The summed E-state index contributed by atoms with van der Waals surface area (Å²) >= 11 is 0. The first kappa shape index (κ1) is 38.2. The molecular weight excluding hydrogens is 622 g/mol. The third kappa shape index (κ3) is 13.0. The molecule has 1 aromatic heterocycles. The van der Waals surface area contributed by atoms with Crippen LogP contribution in [0.25, 0.3) is 10.9 Å². The smallest absolute Gasteiger partial charge is 0.334 e. The average Bonchev–Trinajstić information content (AvgIpc) is 3.67. The molecule has 1 atom stereocenters. The number of ether oxygens (including phenoxy) is 3. The minimum absolute atomic E-state index is 0.0963. The van der Waals surface area contributed by atoms with Crippen LogP contribution in [0, 0.1) is 36.5 Å². The lowest BCUT2D eigenvalue weighted by molar-refractivity contribution is -0.152. The number of aromatic nitrogens is 1. The van der Waals surface area contributed by atoms with Gasteiger partial charge in [-0.3, -0.25) is 4.79 Å². The van der Waals surface area contributed by atoms with Gasteiger partial charge in [0.05, 0.1) is 13.0 Å². The fourth-order valence-corrected chi connectivity index (χ4v) is 6.21. The molecule has 4 aromatic rings. The number of methoxy groups -OCH3 is 1. The van der Waals surface area contributed by atoms with E-state index in [0.717, 1.165) is 47.0 Å². The van der Waals surface area contributed by atoms with Crippen molar-refractivity contribution < 1.29 is 23.8 Å². The van der Waals surface area contributed by atoms with Gasteiger partial charge in [0.25, 0.3) is 0 Å². The molecule has 0 spiro atoms. The zero-order chi connectivity index (χ0) is 35.9. The van der Waals surface area contributed by atoms with Gasteiger partial charge in [0.1, 0.15) is 12.7 Å². The molecule has 6 heteroatoms. The standard InChI is InChI=1S/C36H43NO4.C8H10O/c1-24(2)18-29(19-25(3)4)12-14-30-22-33(41-36(30)39)23-40-35(38)17-15-32-21-31-20-28(13-16-34(31)37-32)11-10-27-8-6-26(5)7-9-27;1-9-7-8-5-3-2-4-6-8/h6-9,13-14,16,20-21,24-25,29,33,37H,12,15,17-19,22-23H2,1-5H3;2-6H,7H2,1H3/b30-14+;. The van der Waals surface area contributed by atoms with Gasteiger partial charge in [-0.2, -0.15) is 0 Å². The molecule has 0 bridgehead atoms. The second-order valence-electron chi connectivity index (χ2n) is 14.1. The first-order chi connectivity index (χ1) is 24.1. The summed E-state index contributed by atoms with van der Waals surface area (Å²) in [4.78, 5) is 28.2. The molecular formula is C44H53NO5. The number of hydrogen-bond acceptors (Lipinski definition) is 5. The summed E-state index contributed by atoms with van der Waals surface area (Å²) in [5, 5.41) is 1.06. The zero-order valence-corrected chi connectivity index (χ0v) is 30.6. The van der Waals surface area contributed by atoms with Crippen LogP contribution < -0.4 is 0 Å². The Morgan fingerprint density at radius 2 is 1.62 bits per heavy atom. The number of allylic oxidation sites excluding steroid dienone is 1. The van der Waals surface area contributed by atoms with Crippen LogP contribution in [-0.2, 0) is 36.8 Å². The van der Waals surface area contributed by atoms with Crippen molar-refractivity contribution in [3.63, 3.8) is 0 Å². The molecule has 2 heterocycles. The molecule has 0 radical (unpaired) electrons. The maximum Gasteiger partial charge on any atom is 0.334 e. The fraction of sp³-hybridized carbons (Fsp3) is 0.409. The number of rotatable bonds is 13. The van der Waals surface area contributed by atoms with Crippen molar-refractivity contribution in [2.24, 2.45) is 17.8 Å². The van der Waals surface area contributed by atoms with Gasteiger partial charge < -0.3 is 19.2 Å². The van der Waals surface area contributed by atoms with Gasteiger partial charge in [-0.1, -0.05) is 93.6 Å². The van der Waals surface area contributed by atoms with Crippen molar-refractivity contribution in [1.29, 1.82) is 0 Å². The van der Waals surface area contributed by atoms with Crippen LogP contribution in [0.5, 0.6) is 0 Å². The molecule has 1 unspecified atom stereocenters. The Morgan fingerprint density at radius 3 is 2.30 bits per heavy atom. The highest BCUT2D eigenvalue weighted by Crippen LogP contribution is 2.27. The maximum absolute atomic E-state index is 12.5. The Bertz CT molecular complexity index is 1740. The van der Waals surface area contributed by atoms with Gasteiger partial charge in [-0.15, -0.1) is 0 Å². The van der Waals surface area contributed by atoms with Crippen molar-refractivity contribution in [3.8, 4) is 11.8 Å². The fourth-order valence-electron chi connectivity index (χ4n) is 6.21. The van der Waals surface area contributed by atoms with Crippen LogP contribution in [0.1, 0.15) is 87.7 Å². The van der Waals surface area contributed by atoms with Crippen molar-refractivity contribution in [2.45, 2.75) is 85.9 Å². The van der Waals surface area contributed by atoms with Crippen LogP contribution >= 0.6 is 0 Å². The molecule has 50 heavy (non-hydrogen) atoms. The predicted molar refractivity (Wildman–Crippen MR) is 201 cm³/mol. The molecule has 3 aromatic carbocycles. The van der Waals surface area contributed by atoms with E-state index in [1.54, 1.807) is 7.11 Å². The van der Waals surface area contributed by atoms with Gasteiger partial charge >= 0.3 is 11.9 Å². The van der Waals surface area contributed by atoms with E-state index >= 15 is 0 Å². The lowest BCUT2D eigenvalue weighted by atomic mass is 9.86. The van der Waals surface area contributed by atoms with E-state index < -0.39 is 6.10 Å². The quantitative estimate of drug-likeness (QED) is 0.0868. The van der Waals surface area contributed by atoms with Crippen LogP contribution in [-0.4, -0.2) is 36.7 Å². The Hall–Kier alpha value is -4.60. The van der Waals surface area contributed by atoms with Crippen LogP contribution in [0.15, 0.2) is 90.5 Å². The van der Waals surface area contributed by atoms with Gasteiger partial charge in [-0.05, 0) is 92.3 Å². The molecule has 1 fully saturated rings. The van der Waals surface area contributed by atoms with E-state index in [4.69, 9.17) is 14.2 Å². The van der Waals surface area contributed by atoms with Crippen LogP contribution in [0.4, 0.5) is 0 Å². The first-order valence-corrected chi connectivity index (χ1v) is 17.9. The van der Waals surface area contributed by atoms with Crippen LogP contribution in [0.3, 0.4) is 0 Å². The van der Waals surface area contributed by atoms with Crippen molar-refractivity contribution in [3.05, 3.63) is 118 Å². The molecule has 6 nitrogen and oxygen atoms in total. The Morgan fingerprint density at radius 1 is 0.940 bits per heavy atom. The van der Waals surface area contributed by atoms with E-state index in [9.17, 15) is 9.59 Å². The van der Waals surface area contributed by atoms with E-state index in [1.165, 1.54) is 11.1 Å². The van der Waals surface area contributed by atoms with Gasteiger partial charge in [0.15, 0.2) is 0 Å². The number of aromatic amines is 1. The molecule has 1 N–H and O–H groups in total. The molecule has 5 rings (SSSR count). The Labute approximate surface area is 298 Å². The number of H-pyrrole nitrogens is 1. The van der Waals surface area contributed by atoms with Gasteiger partial charge in [0, 0.05) is 46.8 Å². The topological polar surface area (TPSA) is 77.6 Å². The number of benzene rings is 3. The average molecular weight is 676 g/mol. The zero-order valence-electron chi connectivity index (χ0n) is 30.6. The van der Waals surface area contributed by atoms with Gasteiger partial charge in [-0.25, -0.2) is 4.79 Å². The lowest BCUT2D eigenvalue weighted by Crippen LogP contribution is -2.18. The number of cyclic esters (lactones) is 1. The molecule has 0 saturated carbocycles. The monoisotopic (exact) mass is 675 g/mol. The van der Waals surface area contributed by atoms with Crippen molar-refractivity contribution in [1.82, 2.24) is 4.98 Å². The summed E-state index contributed by atoms with van der Waals surface area (Å²) in [7, 11) is 1.70. The van der Waals surface area contributed by atoms with Crippen molar-refractivity contribution in [2.75, 3.05) is 13.7 Å². The minimum Gasteiger partial charge on any atom is -0.462 e. The molecule has 264 valence electrons. The number of fused-ring (bicyclic) bond motifs is 1. The summed E-state index contributed by atoms with van der Waals surface area (Å²) < 4.78 is 15.9. The SMILES string of the molecule is COCc1ccccc1.Cc1ccc(C#Cc2ccc3[nH]c(CCC(=O)OCC4C/C(=C\CC(CC(C)C)CC(C)C)C(=O)O4)cc3c2)cc1. The van der Waals surface area contributed by atoms with E-state index in [2.05, 4.69) is 81.8 Å². The number of hydrogen-bond donors (Lipinski definition) is 1. The molecule has 1 aliphatic heterocycles. The van der Waals surface area contributed by atoms with E-state index in [-0.39, 0.29) is 25.0 Å². The predicted octanol–water partition coefficient (Wildman–Crippen LogP) is 9.53. The third-order valence-corrected chi connectivity index (χ3v) is 8.55. The number of aryl methyl sites for hydroxylation is 2. The van der Waals surface area contributed by atoms with Crippen LogP contribution in [0.2, 0.25) is 0 Å². The lowest BCUT2D eigenvalue weighted by Gasteiger charge is -2.19. The Balaban J connectivity index is 0.000000541. The second kappa shape index (κ2) is 19.6. The molecule has 1 aliphatic rings. The highest BCUT2D eigenvalue weighted by Gasteiger charge is 2.30. The highest BCUT2D eigenvalue weighted by molar-refractivity contribution is 5.90. The number of esters is 2. The van der Waals surface area contributed by atoms with Gasteiger partial charge in [0.2, 0.25) is 0 Å². The molecule has 0 amide bonds. The number of carbonyl (C=O) groups excluding carboxylic acids is 2. The second-order valence-corrected chi connectivity index (χ2v) is 14.1. The summed E-state index contributed by atoms with van der Waals surface area (Å²) in [5.41, 5.74) is 7.06. The molecule has 1 saturated heterocycles. The summed E-state index contributed by atoms with van der Waals surface area (Å²) in [6.45, 7) is 11.8. The Kier molecular flexibility index (Phi) is 14.9. The van der Waals surface area contributed by atoms with E-state index in [0.29, 0.717) is 42.8 Å². The minimum atomic E-state index is -0.404. The normalized spacial score (nSPS) is 14.9. The third-order valence-electron chi connectivity index (χ3n) is 8.55. The molecule has 0 aliphatic carbocycles. The largest absolute Gasteiger partial charge is 0.462 e. The maximum atomic E-state index is 12.5. The summed E-state index contributed by atoms with van der Waals surface area (Å²) in [6.07, 6.45) is 6.13. The summed E-state index contributed by atoms with van der Waals surface area (Å²) in [6, 6.07) is 26.4. The van der Waals surface area contributed by atoms with Crippen molar-refractivity contribution >= 4 is 22.8 Å². The van der Waals surface area contributed by atoms with E-state index in [1.807, 2.05) is 54.6 Å². The number of carbonyl (C=O) groups is 2.